The first-order valence-corrected chi connectivity index (χ1v) is 6.71. The van der Waals surface area contributed by atoms with Crippen LogP contribution in [0.5, 0.6) is 0 Å². The van der Waals surface area contributed by atoms with E-state index >= 15 is 0 Å². The molecule has 0 unspecified atom stereocenters. The lowest BCUT2D eigenvalue weighted by molar-refractivity contribution is 0.0772. The summed E-state index contributed by atoms with van der Waals surface area (Å²) in [7, 11) is 0. The third-order valence-electron chi connectivity index (χ3n) is 2.47. The third-order valence-corrected chi connectivity index (χ3v) is 3.60. The van der Waals surface area contributed by atoms with Gasteiger partial charge < -0.3 is 4.90 Å². The Kier molecular flexibility index (Phi) is 3.71. The number of aryl methyl sites for hydroxylation is 1. The van der Waals surface area contributed by atoms with Crippen molar-refractivity contribution in [3.8, 4) is 0 Å². The number of carbonyl (C=O) groups is 1. The van der Waals surface area contributed by atoms with Crippen molar-refractivity contribution >= 4 is 29.3 Å². The summed E-state index contributed by atoms with van der Waals surface area (Å²) in [6.07, 6.45) is 0. The fraction of sp³-hybridized carbons (Fsp3) is 0.455. The van der Waals surface area contributed by atoms with Gasteiger partial charge in [0.15, 0.2) is 0 Å². The Balaban J connectivity index is 2.19. The fourth-order valence-electron chi connectivity index (χ4n) is 1.70. The number of hydrogen-bond donors (Lipinski definition) is 0. The van der Waals surface area contributed by atoms with Crippen molar-refractivity contribution in [2.24, 2.45) is 0 Å². The van der Waals surface area contributed by atoms with Crippen LogP contribution in [-0.2, 0) is 0 Å². The van der Waals surface area contributed by atoms with Gasteiger partial charge in [0.25, 0.3) is 5.91 Å². The van der Waals surface area contributed by atoms with E-state index in [2.05, 4.69) is 4.98 Å². The molecule has 0 atom stereocenters. The Bertz CT molecular complexity index is 385. The Labute approximate surface area is 104 Å². The van der Waals surface area contributed by atoms with Gasteiger partial charge in [0.2, 0.25) is 0 Å². The molecule has 1 aliphatic rings. The normalized spacial score (nSPS) is 16.2. The van der Waals surface area contributed by atoms with Crippen LogP contribution in [0.15, 0.2) is 12.1 Å². The molecule has 1 aliphatic heterocycles. The monoisotopic (exact) mass is 256 g/mol. The number of halogens is 1. The second kappa shape index (κ2) is 5.06. The second-order valence-electron chi connectivity index (χ2n) is 3.72. The van der Waals surface area contributed by atoms with Gasteiger partial charge in [-0.2, -0.15) is 11.8 Å². The average Bonchev–Trinajstić information content (AvgIpc) is 2.28. The van der Waals surface area contributed by atoms with Crippen molar-refractivity contribution in [1.82, 2.24) is 9.88 Å². The quantitative estimate of drug-likeness (QED) is 0.723. The summed E-state index contributed by atoms with van der Waals surface area (Å²) in [4.78, 5) is 18.1. The van der Waals surface area contributed by atoms with Crippen LogP contribution >= 0.6 is 23.4 Å². The molecule has 0 aliphatic carbocycles. The molecule has 1 aromatic heterocycles. The van der Waals surface area contributed by atoms with E-state index in [1.54, 1.807) is 12.1 Å². The predicted octanol–water partition coefficient (Wildman–Crippen LogP) is 2.23. The molecule has 1 aromatic rings. The third kappa shape index (κ3) is 2.68. The van der Waals surface area contributed by atoms with Gasteiger partial charge in [0, 0.05) is 35.9 Å². The highest BCUT2D eigenvalue weighted by Crippen LogP contribution is 2.16. The van der Waals surface area contributed by atoms with Crippen molar-refractivity contribution in [2.45, 2.75) is 6.92 Å². The number of pyridine rings is 1. The molecule has 5 heteroatoms. The summed E-state index contributed by atoms with van der Waals surface area (Å²) in [5, 5.41) is 0.384. The molecule has 0 spiro atoms. The van der Waals surface area contributed by atoms with Gasteiger partial charge in [-0.25, -0.2) is 4.98 Å². The topological polar surface area (TPSA) is 33.2 Å². The second-order valence-corrected chi connectivity index (χ2v) is 5.34. The van der Waals surface area contributed by atoms with E-state index in [-0.39, 0.29) is 5.91 Å². The van der Waals surface area contributed by atoms with E-state index < -0.39 is 0 Å². The Morgan fingerprint density at radius 2 is 2.12 bits per heavy atom. The fourth-order valence-corrected chi connectivity index (χ4v) is 2.85. The van der Waals surface area contributed by atoms with Crippen LogP contribution in [0.1, 0.15) is 16.1 Å². The molecule has 2 rings (SSSR count). The largest absolute Gasteiger partial charge is 0.337 e. The van der Waals surface area contributed by atoms with Crippen molar-refractivity contribution < 1.29 is 4.79 Å². The van der Waals surface area contributed by atoms with E-state index in [0.717, 1.165) is 30.3 Å². The predicted molar refractivity (Wildman–Crippen MR) is 67.2 cm³/mol. The minimum Gasteiger partial charge on any atom is -0.337 e. The lowest BCUT2D eigenvalue weighted by Crippen LogP contribution is -2.37. The van der Waals surface area contributed by atoms with Crippen LogP contribution in [0.2, 0.25) is 5.15 Å². The van der Waals surface area contributed by atoms with Crippen LogP contribution in [0.25, 0.3) is 0 Å². The Morgan fingerprint density at radius 3 is 2.75 bits per heavy atom. The van der Waals surface area contributed by atoms with Crippen LogP contribution < -0.4 is 0 Å². The average molecular weight is 257 g/mol. The van der Waals surface area contributed by atoms with E-state index in [4.69, 9.17) is 11.6 Å². The molecule has 1 fully saturated rings. The van der Waals surface area contributed by atoms with Crippen molar-refractivity contribution in [3.05, 3.63) is 28.5 Å². The number of amides is 1. The summed E-state index contributed by atoms with van der Waals surface area (Å²) >= 11 is 7.73. The van der Waals surface area contributed by atoms with Gasteiger partial charge >= 0.3 is 0 Å². The summed E-state index contributed by atoms with van der Waals surface area (Å²) in [5.41, 5.74) is 1.42. The molecule has 0 aromatic carbocycles. The zero-order chi connectivity index (χ0) is 11.5. The van der Waals surface area contributed by atoms with Crippen LogP contribution in [0.4, 0.5) is 0 Å². The molecule has 0 radical (unpaired) electrons. The van der Waals surface area contributed by atoms with Crippen LogP contribution in [-0.4, -0.2) is 40.4 Å². The Hall–Kier alpha value is -0.740. The van der Waals surface area contributed by atoms with E-state index in [9.17, 15) is 4.79 Å². The first-order valence-electron chi connectivity index (χ1n) is 5.18. The smallest absolute Gasteiger partial charge is 0.254 e. The molecule has 3 nitrogen and oxygen atoms in total. The first-order chi connectivity index (χ1) is 7.66. The minimum atomic E-state index is 0.0627. The maximum Gasteiger partial charge on any atom is 0.254 e. The molecule has 86 valence electrons. The van der Waals surface area contributed by atoms with Crippen molar-refractivity contribution in [2.75, 3.05) is 24.6 Å². The number of nitrogens with zero attached hydrogens (tertiary/aromatic N) is 2. The highest BCUT2D eigenvalue weighted by molar-refractivity contribution is 7.99. The first kappa shape index (κ1) is 11.7. The van der Waals surface area contributed by atoms with Crippen molar-refractivity contribution in [3.63, 3.8) is 0 Å². The highest BCUT2D eigenvalue weighted by atomic mass is 35.5. The van der Waals surface area contributed by atoms with Gasteiger partial charge in [-0.05, 0) is 19.1 Å². The minimum absolute atomic E-state index is 0.0627. The highest BCUT2D eigenvalue weighted by Gasteiger charge is 2.18. The standard InChI is InChI=1S/C11H13ClN2OS/c1-8-6-9(7-10(12)13-8)11(15)14-2-4-16-5-3-14/h6-7H,2-5H2,1H3. The van der Waals surface area contributed by atoms with Crippen LogP contribution in [0.3, 0.4) is 0 Å². The summed E-state index contributed by atoms with van der Waals surface area (Å²) in [5.74, 6) is 2.10. The Morgan fingerprint density at radius 1 is 1.44 bits per heavy atom. The van der Waals surface area contributed by atoms with Crippen LogP contribution in [0, 0.1) is 6.92 Å². The van der Waals surface area contributed by atoms with E-state index in [1.165, 1.54) is 0 Å². The number of hydrogen-bond acceptors (Lipinski definition) is 3. The molecule has 0 saturated carbocycles. The molecule has 1 amide bonds. The van der Waals surface area contributed by atoms with Gasteiger partial charge in [-0.15, -0.1) is 0 Å². The molecule has 1 saturated heterocycles. The van der Waals surface area contributed by atoms with Gasteiger partial charge in [-0.3, -0.25) is 4.79 Å². The lowest BCUT2D eigenvalue weighted by Gasteiger charge is -2.26. The molecule has 2 heterocycles. The summed E-state index contributed by atoms with van der Waals surface area (Å²) in [6, 6.07) is 3.43. The number of thioether (sulfide) groups is 1. The molecule has 16 heavy (non-hydrogen) atoms. The zero-order valence-corrected chi connectivity index (χ0v) is 10.6. The van der Waals surface area contributed by atoms with Gasteiger partial charge in [0.1, 0.15) is 5.15 Å². The summed E-state index contributed by atoms with van der Waals surface area (Å²) in [6.45, 7) is 3.49. The number of carbonyl (C=O) groups excluding carboxylic acids is 1. The number of aromatic nitrogens is 1. The molecule has 0 N–H and O–H groups in total. The number of rotatable bonds is 1. The van der Waals surface area contributed by atoms with Crippen molar-refractivity contribution in [1.29, 1.82) is 0 Å². The molecular weight excluding hydrogens is 244 g/mol. The zero-order valence-electron chi connectivity index (χ0n) is 9.07. The lowest BCUT2D eigenvalue weighted by atomic mass is 10.2. The molecule has 0 bridgehead atoms. The molecular formula is C11H13ClN2OS. The van der Waals surface area contributed by atoms with E-state index in [0.29, 0.717) is 10.7 Å². The summed E-state index contributed by atoms with van der Waals surface area (Å²) < 4.78 is 0. The SMILES string of the molecule is Cc1cc(C(=O)N2CCSCC2)cc(Cl)n1. The van der Waals surface area contributed by atoms with Gasteiger partial charge in [0.05, 0.1) is 0 Å². The maximum atomic E-state index is 12.1. The van der Waals surface area contributed by atoms with Gasteiger partial charge in [-0.1, -0.05) is 11.6 Å². The van der Waals surface area contributed by atoms with E-state index in [1.807, 2.05) is 23.6 Å². The maximum absolute atomic E-state index is 12.1.